The van der Waals surface area contributed by atoms with E-state index in [2.05, 4.69) is 38.1 Å². The number of hydrogen-bond acceptors (Lipinski definition) is 5. The fourth-order valence-corrected chi connectivity index (χ4v) is 10.1. The van der Waals surface area contributed by atoms with Gasteiger partial charge in [-0.1, -0.05) is 44.2 Å². The van der Waals surface area contributed by atoms with Gasteiger partial charge in [0.2, 0.25) is 0 Å². The van der Waals surface area contributed by atoms with Crippen LogP contribution >= 0.6 is 11.8 Å². The summed E-state index contributed by atoms with van der Waals surface area (Å²) in [7, 11) is 0. The summed E-state index contributed by atoms with van der Waals surface area (Å²) in [4.78, 5) is 24.5. The van der Waals surface area contributed by atoms with Crippen molar-refractivity contribution in [3.05, 3.63) is 35.9 Å². The molecule has 6 heteroatoms. The third-order valence-electron chi connectivity index (χ3n) is 10.8. The number of benzene rings is 1. The molecule has 1 aromatic rings. The zero-order chi connectivity index (χ0) is 25.1. The quantitative estimate of drug-likeness (QED) is 0.432. The molecule has 8 atom stereocenters. The molecule has 1 unspecified atom stereocenters. The molecule has 0 N–H and O–H groups in total. The van der Waals surface area contributed by atoms with Crippen LogP contribution in [0.1, 0.15) is 89.5 Å². The summed E-state index contributed by atoms with van der Waals surface area (Å²) < 4.78 is 5.64. The van der Waals surface area contributed by atoms with Gasteiger partial charge in [0.25, 0.3) is 5.91 Å². The van der Waals surface area contributed by atoms with Crippen LogP contribution in [0.2, 0.25) is 0 Å². The highest BCUT2D eigenvalue weighted by atomic mass is 32.2. The topological polar surface area (TPSA) is 59.0 Å². The predicted molar refractivity (Wildman–Crippen MR) is 143 cm³/mol. The molecule has 6 rings (SSSR count). The highest BCUT2D eigenvalue weighted by Crippen LogP contribution is 2.66. The van der Waals surface area contributed by atoms with Crippen molar-refractivity contribution < 1.29 is 14.3 Å². The number of hydrazone groups is 1. The number of carbonyl (C=O) groups is 2. The number of ether oxygens (including phenoxy) is 1. The molecular formula is C30H40N2O3S. The van der Waals surface area contributed by atoms with Gasteiger partial charge < -0.3 is 4.74 Å². The SMILES string of the molecule is CC(=O)O[C@H]1CC[C@@]2(C)[C@@H](CC[C@@H]3[C@@H]2CC[C@]2(C)/C(=N\N4C(=O)CSC4c4ccccc4)CC[C@@H]32)C1. The van der Waals surface area contributed by atoms with E-state index >= 15 is 0 Å². The number of thioether (sulfide) groups is 1. The van der Waals surface area contributed by atoms with Crippen molar-refractivity contribution in [3.63, 3.8) is 0 Å². The number of carbonyl (C=O) groups excluding carboxylic acids is 2. The number of nitrogens with zero attached hydrogens (tertiary/aromatic N) is 2. The first kappa shape index (κ1) is 24.5. The highest BCUT2D eigenvalue weighted by molar-refractivity contribution is 8.00. The van der Waals surface area contributed by atoms with Gasteiger partial charge in [-0.15, -0.1) is 11.8 Å². The molecule has 5 aliphatic rings. The average molecular weight is 509 g/mol. The Bertz CT molecular complexity index is 1060. The van der Waals surface area contributed by atoms with Crippen molar-refractivity contribution in [2.75, 3.05) is 5.75 Å². The fraction of sp³-hybridized carbons (Fsp3) is 0.700. The second-order valence-corrected chi connectivity index (χ2v) is 13.6. The number of rotatable bonds is 3. The third-order valence-corrected chi connectivity index (χ3v) is 12.0. The lowest BCUT2D eigenvalue weighted by molar-refractivity contribution is -0.158. The van der Waals surface area contributed by atoms with Crippen molar-refractivity contribution in [1.82, 2.24) is 5.01 Å². The van der Waals surface area contributed by atoms with Crippen molar-refractivity contribution >= 4 is 29.4 Å². The van der Waals surface area contributed by atoms with Crippen LogP contribution in [-0.2, 0) is 14.3 Å². The molecule has 36 heavy (non-hydrogen) atoms. The minimum atomic E-state index is -0.132. The normalized spacial score (nSPS) is 43.1. The Morgan fingerprint density at radius 2 is 1.86 bits per heavy atom. The number of fused-ring (bicyclic) bond motifs is 5. The third kappa shape index (κ3) is 3.93. The van der Waals surface area contributed by atoms with Crippen molar-refractivity contribution in [1.29, 1.82) is 0 Å². The van der Waals surface area contributed by atoms with Crippen LogP contribution in [-0.4, -0.2) is 34.5 Å². The minimum absolute atomic E-state index is 0.00746. The van der Waals surface area contributed by atoms with Crippen LogP contribution in [0.25, 0.3) is 0 Å². The summed E-state index contributed by atoms with van der Waals surface area (Å²) in [6.45, 7) is 6.55. The lowest BCUT2D eigenvalue weighted by Crippen LogP contribution is -2.54. The smallest absolute Gasteiger partial charge is 0.302 e. The van der Waals surface area contributed by atoms with Gasteiger partial charge in [0.05, 0.1) is 5.75 Å². The first-order chi connectivity index (χ1) is 17.3. The van der Waals surface area contributed by atoms with Crippen LogP contribution in [0.4, 0.5) is 0 Å². The first-order valence-corrected chi connectivity index (χ1v) is 15.1. The highest BCUT2D eigenvalue weighted by Gasteiger charge is 2.60. The van der Waals surface area contributed by atoms with Crippen molar-refractivity contribution in [2.24, 2.45) is 39.6 Å². The van der Waals surface area contributed by atoms with E-state index in [4.69, 9.17) is 9.84 Å². The van der Waals surface area contributed by atoms with Crippen molar-refractivity contribution in [2.45, 2.75) is 90.0 Å². The Labute approximate surface area is 219 Å². The lowest BCUT2D eigenvalue weighted by atomic mass is 9.45. The van der Waals surface area contributed by atoms with Crippen LogP contribution in [0.15, 0.2) is 35.4 Å². The molecule has 4 aliphatic carbocycles. The maximum absolute atomic E-state index is 12.9. The predicted octanol–water partition coefficient (Wildman–Crippen LogP) is 6.59. The van der Waals surface area contributed by atoms with E-state index in [0.717, 1.165) is 36.7 Å². The largest absolute Gasteiger partial charge is 0.463 e. The molecule has 0 radical (unpaired) electrons. The monoisotopic (exact) mass is 508 g/mol. The summed E-state index contributed by atoms with van der Waals surface area (Å²) in [5, 5.41) is 6.98. The van der Waals surface area contributed by atoms with Crippen LogP contribution < -0.4 is 0 Å². The van der Waals surface area contributed by atoms with E-state index in [1.165, 1.54) is 44.2 Å². The van der Waals surface area contributed by atoms with E-state index < -0.39 is 0 Å². The van der Waals surface area contributed by atoms with Gasteiger partial charge in [-0.2, -0.15) is 5.10 Å². The summed E-state index contributed by atoms with van der Waals surface area (Å²) in [6, 6.07) is 10.4. The van der Waals surface area contributed by atoms with Gasteiger partial charge in [-0.25, -0.2) is 5.01 Å². The molecular weight excluding hydrogens is 468 g/mol. The maximum Gasteiger partial charge on any atom is 0.302 e. The Morgan fingerprint density at radius 1 is 1.06 bits per heavy atom. The molecule has 194 valence electrons. The van der Waals surface area contributed by atoms with Gasteiger partial charge in [0.15, 0.2) is 0 Å². The summed E-state index contributed by atoms with van der Waals surface area (Å²) in [6.07, 6.45) is 10.6. The molecule has 1 amide bonds. The van der Waals surface area contributed by atoms with E-state index in [9.17, 15) is 9.59 Å². The molecule has 1 aromatic carbocycles. The van der Waals surface area contributed by atoms with E-state index in [1.807, 2.05) is 11.1 Å². The maximum atomic E-state index is 12.9. The Kier molecular flexibility index (Phi) is 6.25. The second kappa shape index (κ2) is 9.18. The molecule has 1 heterocycles. The Balaban J connectivity index is 1.22. The van der Waals surface area contributed by atoms with E-state index in [0.29, 0.717) is 23.0 Å². The van der Waals surface area contributed by atoms with Gasteiger partial charge in [0, 0.05) is 18.1 Å². The molecule has 0 aromatic heterocycles. The summed E-state index contributed by atoms with van der Waals surface area (Å²) in [5.41, 5.74) is 2.90. The average Bonchev–Trinajstić information content (AvgIpc) is 3.39. The summed E-state index contributed by atoms with van der Waals surface area (Å²) in [5.74, 6) is 3.35. The fourth-order valence-electron chi connectivity index (χ4n) is 9.02. The van der Waals surface area contributed by atoms with Gasteiger partial charge in [-0.3, -0.25) is 9.59 Å². The molecule has 5 fully saturated rings. The first-order valence-electron chi connectivity index (χ1n) is 14.0. The Morgan fingerprint density at radius 3 is 2.64 bits per heavy atom. The van der Waals surface area contributed by atoms with E-state index in [1.54, 1.807) is 18.7 Å². The molecule has 1 saturated heterocycles. The number of amides is 1. The molecule has 5 nitrogen and oxygen atoms in total. The second-order valence-electron chi connectivity index (χ2n) is 12.5. The van der Waals surface area contributed by atoms with Gasteiger partial charge >= 0.3 is 5.97 Å². The van der Waals surface area contributed by atoms with Gasteiger partial charge in [0.1, 0.15) is 11.5 Å². The molecule has 0 bridgehead atoms. The van der Waals surface area contributed by atoms with Gasteiger partial charge in [-0.05, 0) is 92.4 Å². The minimum Gasteiger partial charge on any atom is -0.463 e. The van der Waals surface area contributed by atoms with E-state index in [-0.39, 0.29) is 28.8 Å². The molecule has 1 aliphatic heterocycles. The zero-order valence-electron chi connectivity index (χ0n) is 21.9. The van der Waals surface area contributed by atoms with Crippen molar-refractivity contribution in [3.8, 4) is 0 Å². The van der Waals surface area contributed by atoms with Crippen LogP contribution in [0, 0.1) is 34.5 Å². The summed E-state index contributed by atoms with van der Waals surface area (Å²) >= 11 is 1.70. The lowest BCUT2D eigenvalue weighted by Gasteiger charge is -2.60. The standard InChI is InChI=1S/C30H40N2O3S/c1-19(33)35-22-13-15-29(2)21(17-22)9-10-23-24-11-12-26(30(24,3)16-14-25(23)29)31-32-27(34)18-36-28(32)20-7-5-4-6-8-20/h4-8,21-25,28H,9-18H2,1-3H3/b31-26-/t21-,22-,23-,24-,25-,28?,29-,30-/m0/s1. The number of esters is 1. The molecule has 0 spiro atoms. The van der Waals surface area contributed by atoms with Crippen LogP contribution in [0.3, 0.4) is 0 Å². The molecule has 4 saturated carbocycles. The number of hydrogen-bond donors (Lipinski definition) is 0. The zero-order valence-corrected chi connectivity index (χ0v) is 22.8. The Hall–Kier alpha value is -1.82. The van der Waals surface area contributed by atoms with Crippen LogP contribution in [0.5, 0.6) is 0 Å².